The highest BCUT2D eigenvalue weighted by molar-refractivity contribution is 5.95. The smallest absolute Gasteiger partial charge is 0.251 e. The summed E-state index contributed by atoms with van der Waals surface area (Å²) >= 11 is 0. The van der Waals surface area contributed by atoms with Gasteiger partial charge in [-0.25, -0.2) is 0 Å². The molecule has 0 aliphatic rings. The number of carbonyl (C=O) groups excluding carboxylic acids is 1. The van der Waals surface area contributed by atoms with Crippen LogP contribution in [0.3, 0.4) is 0 Å². The molecule has 1 amide bonds. The molecule has 0 fully saturated rings. The molecular formula is C14H23ClN2O4. The van der Waals surface area contributed by atoms with Crippen molar-refractivity contribution in [2.45, 2.75) is 6.92 Å². The van der Waals surface area contributed by atoms with Crippen molar-refractivity contribution in [1.29, 1.82) is 0 Å². The summed E-state index contributed by atoms with van der Waals surface area (Å²) < 4.78 is 15.6. The second-order valence-corrected chi connectivity index (χ2v) is 4.02. The number of likely N-dealkylation sites (N-methyl/N-ethyl adjacent to an activating group) is 1. The fraction of sp³-hybridized carbons (Fsp3) is 0.500. The zero-order chi connectivity index (χ0) is 15.0. The predicted molar refractivity (Wildman–Crippen MR) is 84.2 cm³/mol. The predicted octanol–water partition coefficient (Wildman–Crippen LogP) is 1.47. The van der Waals surface area contributed by atoms with Gasteiger partial charge in [-0.15, -0.1) is 12.4 Å². The Labute approximate surface area is 131 Å². The van der Waals surface area contributed by atoms with E-state index in [2.05, 4.69) is 10.6 Å². The number of hydrogen-bond acceptors (Lipinski definition) is 5. The first-order chi connectivity index (χ1) is 9.67. The third-order valence-corrected chi connectivity index (χ3v) is 2.76. The van der Waals surface area contributed by atoms with Crippen LogP contribution in [0.5, 0.6) is 17.2 Å². The highest BCUT2D eigenvalue weighted by Crippen LogP contribution is 2.38. The van der Waals surface area contributed by atoms with Crippen molar-refractivity contribution in [3.05, 3.63) is 17.7 Å². The van der Waals surface area contributed by atoms with E-state index in [1.165, 1.54) is 21.3 Å². The van der Waals surface area contributed by atoms with Crippen LogP contribution >= 0.6 is 12.4 Å². The number of nitrogens with one attached hydrogen (secondary N) is 2. The summed E-state index contributed by atoms with van der Waals surface area (Å²) in [6.45, 7) is 4.18. The molecule has 0 aliphatic heterocycles. The second-order valence-electron chi connectivity index (χ2n) is 4.02. The average Bonchev–Trinajstić information content (AvgIpc) is 2.49. The lowest BCUT2D eigenvalue weighted by atomic mass is 10.1. The maximum absolute atomic E-state index is 12.1. The van der Waals surface area contributed by atoms with Gasteiger partial charge in [-0.05, 0) is 18.7 Å². The van der Waals surface area contributed by atoms with E-state index < -0.39 is 0 Å². The van der Waals surface area contributed by atoms with Gasteiger partial charge in [0.15, 0.2) is 11.5 Å². The molecule has 0 bridgehead atoms. The number of amides is 1. The molecule has 7 heteroatoms. The van der Waals surface area contributed by atoms with E-state index in [9.17, 15) is 4.79 Å². The van der Waals surface area contributed by atoms with Gasteiger partial charge in [0, 0.05) is 18.7 Å². The number of carbonyl (C=O) groups is 1. The minimum Gasteiger partial charge on any atom is -0.493 e. The molecule has 120 valence electrons. The molecule has 0 heterocycles. The molecule has 1 aromatic rings. The number of ether oxygens (including phenoxy) is 3. The van der Waals surface area contributed by atoms with E-state index in [0.717, 1.165) is 13.1 Å². The minimum absolute atomic E-state index is 0. The van der Waals surface area contributed by atoms with Gasteiger partial charge in [-0.2, -0.15) is 0 Å². The molecule has 0 saturated heterocycles. The van der Waals surface area contributed by atoms with Gasteiger partial charge in [-0.1, -0.05) is 6.92 Å². The Kier molecular flexibility index (Phi) is 9.32. The molecule has 0 spiro atoms. The summed E-state index contributed by atoms with van der Waals surface area (Å²) in [7, 11) is 4.56. The van der Waals surface area contributed by atoms with Gasteiger partial charge in [0.2, 0.25) is 5.75 Å². The molecule has 6 nitrogen and oxygen atoms in total. The fourth-order valence-electron chi connectivity index (χ4n) is 1.76. The lowest BCUT2D eigenvalue weighted by molar-refractivity contribution is 0.0953. The first kappa shape index (κ1) is 19.3. The minimum atomic E-state index is -0.179. The van der Waals surface area contributed by atoms with Crippen molar-refractivity contribution in [2.75, 3.05) is 41.0 Å². The number of methoxy groups -OCH3 is 3. The Balaban J connectivity index is 0.00000400. The molecule has 1 rings (SSSR count). The van der Waals surface area contributed by atoms with Gasteiger partial charge < -0.3 is 24.8 Å². The maximum atomic E-state index is 12.1. The lowest BCUT2D eigenvalue weighted by Gasteiger charge is -2.14. The quantitative estimate of drug-likeness (QED) is 0.711. The third kappa shape index (κ3) is 5.32. The number of rotatable bonds is 8. The van der Waals surface area contributed by atoms with E-state index in [0.29, 0.717) is 29.4 Å². The van der Waals surface area contributed by atoms with E-state index in [-0.39, 0.29) is 18.3 Å². The Hall–Kier alpha value is -1.66. The maximum Gasteiger partial charge on any atom is 0.251 e. The Bertz CT molecular complexity index is 430. The van der Waals surface area contributed by atoms with Crippen LogP contribution in [0.1, 0.15) is 17.3 Å². The Morgan fingerprint density at radius 1 is 1.05 bits per heavy atom. The molecule has 0 aliphatic carbocycles. The van der Waals surface area contributed by atoms with Crippen molar-refractivity contribution in [3.63, 3.8) is 0 Å². The summed E-state index contributed by atoms with van der Waals surface area (Å²) in [5.41, 5.74) is 0.469. The van der Waals surface area contributed by atoms with Crippen LogP contribution in [0.25, 0.3) is 0 Å². The summed E-state index contributed by atoms with van der Waals surface area (Å²) in [6.07, 6.45) is 0. The molecular weight excluding hydrogens is 296 g/mol. The molecule has 0 atom stereocenters. The highest BCUT2D eigenvalue weighted by atomic mass is 35.5. The Morgan fingerprint density at radius 3 is 2.05 bits per heavy atom. The topological polar surface area (TPSA) is 68.8 Å². The molecule has 0 saturated carbocycles. The summed E-state index contributed by atoms with van der Waals surface area (Å²) in [5.74, 6) is 1.22. The van der Waals surface area contributed by atoms with Crippen molar-refractivity contribution in [3.8, 4) is 17.2 Å². The molecule has 2 N–H and O–H groups in total. The van der Waals surface area contributed by atoms with E-state index in [4.69, 9.17) is 14.2 Å². The lowest BCUT2D eigenvalue weighted by Crippen LogP contribution is -2.31. The normalized spacial score (nSPS) is 9.52. The summed E-state index contributed by atoms with van der Waals surface area (Å²) in [4.78, 5) is 12.1. The first-order valence-corrected chi connectivity index (χ1v) is 6.46. The second kappa shape index (κ2) is 10.1. The summed E-state index contributed by atoms with van der Waals surface area (Å²) in [5, 5.41) is 5.95. The van der Waals surface area contributed by atoms with E-state index >= 15 is 0 Å². The van der Waals surface area contributed by atoms with Gasteiger partial charge in [0.1, 0.15) is 0 Å². The molecule has 0 radical (unpaired) electrons. The standard InChI is InChI=1S/C14H22N2O4.ClH/c1-5-15-6-7-16-14(17)10-8-11(18-2)13(20-4)12(9-10)19-3;/h8-9,15H,5-7H2,1-4H3,(H,16,17);1H. The third-order valence-electron chi connectivity index (χ3n) is 2.76. The molecule has 21 heavy (non-hydrogen) atoms. The van der Waals surface area contributed by atoms with Crippen LogP contribution in [-0.2, 0) is 0 Å². The number of halogens is 1. The van der Waals surface area contributed by atoms with Crippen LogP contribution in [0.4, 0.5) is 0 Å². The zero-order valence-corrected chi connectivity index (χ0v) is 13.6. The van der Waals surface area contributed by atoms with Crippen LogP contribution in [-0.4, -0.2) is 46.9 Å². The number of hydrogen-bond donors (Lipinski definition) is 2. The first-order valence-electron chi connectivity index (χ1n) is 6.46. The van der Waals surface area contributed by atoms with Crippen molar-refractivity contribution in [2.24, 2.45) is 0 Å². The van der Waals surface area contributed by atoms with Crippen LogP contribution in [0.15, 0.2) is 12.1 Å². The van der Waals surface area contributed by atoms with Crippen molar-refractivity contribution < 1.29 is 19.0 Å². The SMILES string of the molecule is CCNCCNC(=O)c1cc(OC)c(OC)c(OC)c1.Cl. The monoisotopic (exact) mass is 318 g/mol. The molecule has 1 aromatic carbocycles. The van der Waals surface area contributed by atoms with Gasteiger partial charge in [0.05, 0.1) is 21.3 Å². The van der Waals surface area contributed by atoms with Gasteiger partial charge in [-0.3, -0.25) is 4.79 Å². The van der Waals surface area contributed by atoms with Crippen molar-refractivity contribution in [1.82, 2.24) is 10.6 Å². The Morgan fingerprint density at radius 2 is 1.62 bits per heavy atom. The average molecular weight is 319 g/mol. The van der Waals surface area contributed by atoms with Crippen LogP contribution < -0.4 is 24.8 Å². The highest BCUT2D eigenvalue weighted by Gasteiger charge is 2.16. The molecule has 0 unspecified atom stereocenters. The van der Waals surface area contributed by atoms with E-state index in [1.54, 1.807) is 12.1 Å². The van der Waals surface area contributed by atoms with Crippen LogP contribution in [0.2, 0.25) is 0 Å². The van der Waals surface area contributed by atoms with E-state index in [1.807, 2.05) is 6.92 Å². The summed E-state index contributed by atoms with van der Waals surface area (Å²) in [6, 6.07) is 3.26. The number of benzene rings is 1. The molecule has 0 aromatic heterocycles. The van der Waals surface area contributed by atoms with Gasteiger partial charge in [0.25, 0.3) is 5.91 Å². The van der Waals surface area contributed by atoms with Crippen molar-refractivity contribution >= 4 is 18.3 Å². The fourth-order valence-corrected chi connectivity index (χ4v) is 1.76. The zero-order valence-electron chi connectivity index (χ0n) is 12.8. The van der Waals surface area contributed by atoms with Crippen LogP contribution in [0, 0.1) is 0 Å². The largest absolute Gasteiger partial charge is 0.493 e. The van der Waals surface area contributed by atoms with Gasteiger partial charge >= 0.3 is 0 Å².